The van der Waals surface area contributed by atoms with Gasteiger partial charge in [-0.2, -0.15) is 5.26 Å². The summed E-state index contributed by atoms with van der Waals surface area (Å²) in [6.45, 7) is 1.64. The van der Waals surface area contributed by atoms with Gasteiger partial charge in [0.05, 0.1) is 18.7 Å². The van der Waals surface area contributed by atoms with Crippen LogP contribution in [0.5, 0.6) is 11.5 Å². The zero-order valence-corrected chi connectivity index (χ0v) is 18.8. The summed E-state index contributed by atoms with van der Waals surface area (Å²) in [6.07, 6.45) is -1.34. The summed E-state index contributed by atoms with van der Waals surface area (Å²) in [5.41, 5.74) is -0.605. The number of methoxy groups -OCH3 is 3. The van der Waals surface area contributed by atoms with Crippen LogP contribution in [0, 0.1) is 11.5 Å². The first-order valence-electron chi connectivity index (χ1n) is 10.1. The quantitative estimate of drug-likeness (QED) is 0.221. The molecule has 176 valence electrons. The molecule has 0 spiro atoms. The van der Waals surface area contributed by atoms with Crippen LogP contribution in [-0.4, -0.2) is 56.8 Å². The molecule has 4 atom stereocenters. The molecule has 0 aromatic heterocycles. The molecule has 3 N–H and O–H groups in total. The van der Waals surface area contributed by atoms with Crippen LogP contribution in [0.15, 0.2) is 48.5 Å². The second-order valence-corrected chi connectivity index (χ2v) is 7.49. The van der Waals surface area contributed by atoms with Gasteiger partial charge in [-0.25, -0.2) is 4.79 Å². The Morgan fingerprint density at radius 2 is 1.88 bits per heavy atom. The molecule has 3 rings (SSSR count). The Hall–Kier alpha value is -3.36. The number of hydrogen-bond donors (Lipinski definition) is 3. The number of fused-ring (bicyclic) bond motifs is 1. The molecule has 2 aromatic rings. The van der Waals surface area contributed by atoms with Gasteiger partial charge in [0.15, 0.2) is 18.1 Å². The Morgan fingerprint density at radius 1 is 1.18 bits per heavy atom. The molecule has 2 aromatic carbocycles. The van der Waals surface area contributed by atoms with E-state index < -0.39 is 36.4 Å². The Morgan fingerprint density at radius 3 is 2.48 bits per heavy atom. The van der Waals surface area contributed by atoms with E-state index in [1.807, 2.05) is 12.3 Å². The number of para-hydroxylation sites is 1. The number of nitrogens with zero attached hydrogens (tertiary/aromatic N) is 1. The summed E-state index contributed by atoms with van der Waals surface area (Å²) in [7, 11) is 4.15. The van der Waals surface area contributed by atoms with Gasteiger partial charge in [0.1, 0.15) is 17.6 Å². The van der Waals surface area contributed by atoms with Gasteiger partial charge in [-0.1, -0.05) is 18.2 Å². The summed E-state index contributed by atoms with van der Waals surface area (Å²) in [6, 6.07) is 12.7. The number of nitrogens with one attached hydrogen (secondary N) is 2. The van der Waals surface area contributed by atoms with E-state index in [1.165, 1.54) is 21.3 Å². The standard InChI is InChI=1S/C23H27N3O7/c1-23(21(30-3)31-4)19(27)18(16-12-14(20(28)29-2)10-11-17(16)33-23)26-22(25-13-24)32-15-8-6-5-7-9-15/h5-12,18-19,21-22,25-27H,1-4H3/t18-,19+,22?,23+/m1/s1. The molecule has 0 amide bonds. The second-order valence-electron chi connectivity index (χ2n) is 7.49. The van der Waals surface area contributed by atoms with E-state index in [9.17, 15) is 15.2 Å². The average molecular weight is 457 g/mol. The van der Waals surface area contributed by atoms with Crippen molar-refractivity contribution in [3.63, 3.8) is 0 Å². The van der Waals surface area contributed by atoms with E-state index >= 15 is 0 Å². The third kappa shape index (κ3) is 5.02. The van der Waals surface area contributed by atoms with Crippen molar-refractivity contribution in [2.45, 2.75) is 37.3 Å². The van der Waals surface area contributed by atoms with Crippen molar-refractivity contribution >= 4 is 5.97 Å². The molecule has 33 heavy (non-hydrogen) atoms. The first-order chi connectivity index (χ1) is 15.9. The summed E-state index contributed by atoms with van der Waals surface area (Å²) in [4.78, 5) is 12.1. The van der Waals surface area contributed by atoms with E-state index in [1.54, 1.807) is 49.4 Å². The van der Waals surface area contributed by atoms with Gasteiger partial charge in [0.25, 0.3) is 0 Å². The Balaban J connectivity index is 2.03. The van der Waals surface area contributed by atoms with Crippen LogP contribution in [-0.2, 0) is 14.2 Å². The molecule has 10 heteroatoms. The Labute approximate surface area is 192 Å². The van der Waals surface area contributed by atoms with Crippen molar-refractivity contribution in [2.24, 2.45) is 0 Å². The van der Waals surface area contributed by atoms with Crippen LogP contribution >= 0.6 is 0 Å². The predicted octanol–water partition coefficient (Wildman–Crippen LogP) is 1.67. The first-order valence-corrected chi connectivity index (χ1v) is 10.1. The fourth-order valence-electron chi connectivity index (χ4n) is 3.82. The summed E-state index contributed by atoms with van der Waals surface area (Å²) in [5.74, 6) is 0.345. The minimum atomic E-state index is -1.34. The lowest BCUT2D eigenvalue weighted by Crippen LogP contribution is -2.63. The SMILES string of the molecule is COC(=O)c1ccc2c(c1)[C@@H](NC(NC#N)Oc1ccccc1)[C@H](O)[C@@](C)(C(OC)OC)O2. The van der Waals surface area contributed by atoms with Crippen LogP contribution in [0.4, 0.5) is 0 Å². The van der Waals surface area contributed by atoms with Gasteiger partial charge < -0.3 is 28.8 Å². The minimum Gasteiger partial charge on any atom is -0.479 e. The predicted molar refractivity (Wildman–Crippen MR) is 116 cm³/mol. The normalized spacial score (nSPS) is 22.5. The monoisotopic (exact) mass is 457 g/mol. The third-order valence-electron chi connectivity index (χ3n) is 5.42. The summed E-state index contributed by atoms with van der Waals surface area (Å²) in [5, 5.41) is 26.3. The molecule has 1 aliphatic rings. The number of carbonyl (C=O) groups is 1. The smallest absolute Gasteiger partial charge is 0.337 e. The van der Waals surface area contributed by atoms with Crippen LogP contribution in [0.2, 0.25) is 0 Å². The van der Waals surface area contributed by atoms with Crippen LogP contribution in [0.3, 0.4) is 0 Å². The van der Waals surface area contributed by atoms with E-state index in [4.69, 9.17) is 23.7 Å². The zero-order chi connectivity index (χ0) is 24.0. The number of aliphatic hydroxyl groups is 1. The highest BCUT2D eigenvalue weighted by Crippen LogP contribution is 2.43. The maximum absolute atomic E-state index is 12.1. The molecular weight excluding hydrogens is 430 g/mol. The topological polar surface area (TPSA) is 131 Å². The Bertz CT molecular complexity index is 993. The van der Waals surface area contributed by atoms with Crippen molar-refractivity contribution in [3.05, 3.63) is 59.7 Å². The highest BCUT2D eigenvalue weighted by molar-refractivity contribution is 5.89. The highest BCUT2D eigenvalue weighted by atomic mass is 16.7. The molecule has 0 saturated carbocycles. The van der Waals surface area contributed by atoms with Gasteiger partial charge >= 0.3 is 5.97 Å². The van der Waals surface area contributed by atoms with Gasteiger partial charge in [0.2, 0.25) is 6.35 Å². The molecular formula is C23H27N3O7. The second kappa shape index (κ2) is 10.5. The number of hydrogen-bond acceptors (Lipinski definition) is 10. The van der Waals surface area contributed by atoms with Gasteiger partial charge in [0, 0.05) is 19.8 Å². The molecule has 0 aliphatic carbocycles. The number of benzene rings is 2. The van der Waals surface area contributed by atoms with Crippen molar-refractivity contribution in [2.75, 3.05) is 21.3 Å². The van der Waals surface area contributed by atoms with Gasteiger partial charge in [-0.15, -0.1) is 0 Å². The molecule has 1 heterocycles. The third-order valence-corrected chi connectivity index (χ3v) is 5.42. The lowest BCUT2D eigenvalue weighted by molar-refractivity contribution is -0.240. The number of nitriles is 1. The van der Waals surface area contributed by atoms with Crippen LogP contribution in [0.1, 0.15) is 28.9 Å². The molecule has 1 aliphatic heterocycles. The number of rotatable bonds is 9. The van der Waals surface area contributed by atoms with Gasteiger partial charge in [-0.3, -0.25) is 10.6 Å². The molecule has 0 saturated heterocycles. The lowest BCUT2D eigenvalue weighted by Gasteiger charge is -2.47. The van der Waals surface area contributed by atoms with E-state index in [0.717, 1.165) is 0 Å². The number of esters is 1. The largest absolute Gasteiger partial charge is 0.479 e. The molecule has 0 radical (unpaired) electrons. The maximum atomic E-state index is 12.1. The number of aliphatic hydroxyl groups excluding tert-OH is 1. The van der Waals surface area contributed by atoms with E-state index in [-0.39, 0.29) is 5.56 Å². The van der Waals surface area contributed by atoms with Crippen molar-refractivity contribution < 1.29 is 33.6 Å². The van der Waals surface area contributed by atoms with Crippen LogP contribution in [0.25, 0.3) is 0 Å². The van der Waals surface area contributed by atoms with Crippen LogP contribution < -0.4 is 20.1 Å². The summed E-state index contributed by atoms with van der Waals surface area (Å²) >= 11 is 0. The zero-order valence-electron chi connectivity index (χ0n) is 18.8. The van der Waals surface area contributed by atoms with Crippen molar-refractivity contribution in [3.8, 4) is 17.7 Å². The summed E-state index contributed by atoms with van der Waals surface area (Å²) < 4.78 is 27.6. The lowest BCUT2D eigenvalue weighted by atomic mass is 9.84. The number of ether oxygens (including phenoxy) is 5. The molecule has 10 nitrogen and oxygen atoms in total. The molecule has 0 fully saturated rings. The fraction of sp³-hybridized carbons (Fsp3) is 0.391. The highest BCUT2D eigenvalue weighted by Gasteiger charge is 2.52. The fourth-order valence-corrected chi connectivity index (χ4v) is 3.82. The van der Waals surface area contributed by atoms with E-state index in [0.29, 0.717) is 17.1 Å². The molecule has 1 unspecified atom stereocenters. The maximum Gasteiger partial charge on any atom is 0.337 e. The van der Waals surface area contributed by atoms with Crippen molar-refractivity contribution in [1.82, 2.24) is 10.6 Å². The van der Waals surface area contributed by atoms with E-state index in [2.05, 4.69) is 10.6 Å². The minimum absolute atomic E-state index is 0.270. The first kappa shape index (κ1) is 24.3. The molecule has 0 bridgehead atoms. The van der Waals surface area contributed by atoms with Crippen molar-refractivity contribution in [1.29, 1.82) is 5.26 Å². The average Bonchev–Trinajstić information content (AvgIpc) is 2.82. The van der Waals surface area contributed by atoms with Gasteiger partial charge in [-0.05, 0) is 37.3 Å². The Kier molecular flexibility index (Phi) is 7.73. The number of carbonyl (C=O) groups excluding carboxylic acids is 1.